The minimum atomic E-state index is -3.14. The monoisotopic (exact) mass is 264 g/mol. The van der Waals surface area contributed by atoms with Gasteiger partial charge in [-0.15, -0.1) is 0 Å². The Bertz CT molecular complexity index is 558. The zero-order chi connectivity index (χ0) is 13.2. The summed E-state index contributed by atoms with van der Waals surface area (Å²) in [6.45, 7) is 0. The van der Waals surface area contributed by atoms with Crippen LogP contribution < -0.4 is 5.32 Å². The Morgan fingerprint density at radius 1 is 1.28 bits per heavy atom. The van der Waals surface area contributed by atoms with Gasteiger partial charge >= 0.3 is 0 Å². The SMILES string of the molecule is CS(=O)(=O)c1ccc(NC2CCCC2C#N)cc1. The van der Waals surface area contributed by atoms with Crippen LogP contribution in [-0.2, 0) is 9.84 Å². The lowest BCUT2D eigenvalue weighted by Gasteiger charge is -2.17. The topological polar surface area (TPSA) is 70.0 Å². The highest BCUT2D eigenvalue weighted by molar-refractivity contribution is 7.90. The van der Waals surface area contributed by atoms with Gasteiger partial charge in [0.1, 0.15) is 0 Å². The van der Waals surface area contributed by atoms with E-state index in [2.05, 4.69) is 11.4 Å². The Morgan fingerprint density at radius 2 is 1.94 bits per heavy atom. The molecule has 1 aliphatic carbocycles. The van der Waals surface area contributed by atoms with Crippen LogP contribution in [0.1, 0.15) is 19.3 Å². The first kappa shape index (κ1) is 12.9. The minimum Gasteiger partial charge on any atom is -0.381 e. The van der Waals surface area contributed by atoms with Crippen molar-refractivity contribution in [2.45, 2.75) is 30.2 Å². The van der Waals surface area contributed by atoms with Crippen LogP contribution in [0.4, 0.5) is 5.69 Å². The number of rotatable bonds is 3. The van der Waals surface area contributed by atoms with Crippen molar-refractivity contribution >= 4 is 15.5 Å². The van der Waals surface area contributed by atoms with E-state index in [1.54, 1.807) is 24.3 Å². The Kier molecular flexibility index (Phi) is 3.58. The van der Waals surface area contributed by atoms with Crippen LogP contribution in [0.2, 0.25) is 0 Å². The van der Waals surface area contributed by atoms with E-state index in [4.69, 9.17) is 5.26 Å². The average Bonchev–Trinajstić information content (AvgIpc) is 2.76. The second-order valence-corrected chi connectivity index (χ2v) is 6.73. The Hall–Kier alpha value is -1.54. The van der Waals surface area contributed by atoms with Crippen molar-refractivity contribution in [2.24, 2.45) is 5.92 Å². The number of benzene rings is 1. The second-order valence-electron chi connectivity index (χ2n) is 4.71. The van der Waals surface area contributed by atoms with Crippen LogP contribution in [0.15, 0.2) is 29.2 Å². The molecule has 0 aromatic heterocycles. The van der Waals surface area contributed by atoms with Crippen molar-refractivity contribution in [3.63, 3.8) is 0 Å². The Labute approximate surface area is 108 Å². The molecule has 4 nitrogen and oxygen atoms in total. The molecular weight excluding hydrogens is 248 g/mol. The molecule has 0 bridgehead atoms. The molecule has 0 radical (unpaired) electrons. The van der Waals surface area contributed by atoms with E-state index in [1.165, 1.54) is 6.26 Å². The second kappa shape index (κ2) is 4.99. The van der Waals surface area contributed by atoms with Gasteiger partial charge in [-0.25, -0.2) is 8.42 Å². The summed E-state index contributed by atoms with van der Waals surface area (Å²) >= 11 is 0. The molecule has 1 fully saturated rings. The molecule has 0 amide bonds. The van der Waals surface area contributed by atoms with Crippen LogP contribution in [0, 0.1) is 17.2 Å². The van der Waals surface area contributed by atoms with Gasteiger partial charge in [-0.1, -0.05) is 0 Å². The van der Waals surface area contributed by atoms with E-state index >= 15 is 0 Å². The first-order valence-electron chi connectivity index (χ1n) is 5.97. The minimum absolute atomic E-state index is 0.0552. The zero-order valence-corrected chi connectivity index (χ0v) is 11.1. The highest BCUT2D eigenvalue weighted by atomic mass is 32.2. The lowest BCUT2D eigenvalue weighted by molar-refractivity contribution is 0.602. The zero-order valence-electron chi connectivity index (χ0n) is 10.3. The standard InChI is InChI=1S/C13H16N2O2S/c1-18(16,17)12-7-5-11(6-8-12)15-13-4-2-3-10(13)9-14/h5-8,10,13,15H,2-4H2,1H3. The average molecular weight is 264 g/mol. The van der Waals surface area contributed by atoms with Crippen molar-refractivity contribution in [1.29, 1.82) is 5.26 Å². The molecule has 1 aromatic carbocycles. The molecule has 2 atom stereocenters. The van der Waals surface area contributed by atoms with Gasteiger partial charge in [-0.05, 0) is 43.5 Å². The molecule has 18 heavy (non-hydrogen) atoms. The van der Waals surface area contributed by atoms with Crippen LogP contribution >= 0.6 is 0 Å². The number of nitrogens with zero attached hydrogens (tertiary/aromatic N) is 1. The van der Waals surface area contributed by atoms with E-state index in [0.29, 0.717) is 4.90 Å². The van der Waals surface area contributed by atoms with Gasteiger partial charge < -0.3 is 5.32 Å². The maximum absolute atomic E-state index is 11.3. The van der Waals surface area contributed by atoms with Gasteiger partial charge in [0.15, 0.2) is 9.84 Å². The van der Waals surface area contributed by atoms with Crippen molar-refractivity contribution in [3.05, 3.63) is 24.3 Å². The molecule has 0 spiro atoms. The van der Waals surface area contributed by atoms with Gasteiger partial charge in [0.2, 0.25) is 0 Å². The largest absolute Gasteiger partial charge is 0.381 e. The van der Waals surface area contributed by atoms with E-state index in [1.807, 2.05) is 0 Å². The molecule has 96 valence electrons. The quantitative estimate of drug-likeness (QED) is 0.908. The summed E-state index contributed by atoms with van der Waals surface area (Å²) < 4.78 is 22.6. The summed E-state index contributed by atoms with van der Waals surface area (Å²) in [6, 6.07) is 9.18. The van der Waals surface area contributed by atoms with Crippen molar-refractivity contribution in [1.82, 2.24) is 0 Å². The lowest BCUT2D eigenvalue weighted by atomic mass is 10.1. The molecule has 0 aliphatic heterocycles. The number of hydrogen-bond donors (Lipinski definition) is 1. The summed E-state index contributed by atoms with van der Waals surface area (Å²) in [5.41, 5.74) is 0.870. The van der Waals surface area contributed by atoms with Crippen molar-refractivity contribution < 1.29 is 8.42 Å². The third-order valence-electron chi connectivity index (χ3n) is 3.32. The fourth-order valence-electron chi connectivity index (χ4n) is 2.30. The molecule has 2 unspecified atom stereocenters. The van der Waals surface area contributed by atoms with E-state index < -0.39 is 9.84 Å². The van der Waals surface area contributed by atoms with E-state index in [9.17, 15) is 8.42 Å². The van der Waals surface area contributed by atoms with E-state index in [0.717, 1.165) is 24.9 Å². The van der Waals surface area contributed by atoms with Crippen molar-refractivity contribution in [3.8, 4) is 6.07 Å². The van der Waals surface area contributed by atoms with Gasteiger partial charge in [0.25, 0.3) is 0 Å². The van der Waals surface area contributed by atoms with Gasteiger partial charge in [-0.2, -0.15) is 5.26 Å². The molecule has 1 N–H and O–H groups in total. The smallest absolute Gasteiger partial charge is 0.175 e. The number of nitrogens with one attached hydrogen (secondary N) is 1. The van der Waals surface area contributed by atoms with Crippen molar-refractivity contribution in [2.75, 3.05) is 11.6 Å². The summed E-state index contributed by atoms with van der Waals surface area (Å²) in [6.07, 6.45) is 4.19. The highest BCUT2D eigenvalue weighted by Crippen LogP contribution is 2.28. The summed E-state index contributed by atoms with van der Waals surface area (Å²) in [5.74, 6) is 0.0552. The molecule has 0 saturated heterocycles. The highest BCUT2D eigenvalue weighted by Gasteiger charge is 2.26. The molecule has 1 aromatic rings. The third kappa shape index (κ3) is 2.82. The van der Waals surface area contributed by atoms with Crippen LogP contribution in [0.25, 0.3) is 0 Å². The number of nitriles is 1. The molecule has 1 saturated carbocycles. The normalized spacial score (nSPS) is 23.6. The fourth-order valence-corrected chi connectivity index (χ4v) is 2.93. The van der Waals surface area contributed by atoms with Crippen LogP contribution in [0.5, 0.6) is 0 Å². The fraction of sp³-hybridized carbons (Fsp3) is 0.462. The van der Waals surface area contributed by atoms with Gasteiger partial charge in [-0.3, -0.25) is 0 Å². The van der Waals surface area contributed by atoms with Gasteiger partial charge in [0, 0.05) is 18.0 Å². The summed E-state index contributed by atoms with van der Waals surface area (Å²) in [5, 5.41) is 12.3. The first-order chi connectivity index (χ1) is 8.50. The maximum atomic E-state index is 11.3. The lowest BCUT2D eigenvalue weighted by Crippen LogP contribution is -2.22. The van der Waals surface area contributed by atoms with E-state index in [-0.39, 0.29) is 12.0 Å². The Morgan fingerprint density at radius 3 is 2.50 bits per heavy atom. The number of anilines is 1. The summed E-state index contributed by atoms with van der Waals surface area (Å²) in [4.78, 5) is 0.316. The number of sulfone groups is 1. The first-order valence-corrected chi connectivity index (χ1v) is 7.86. The molecular formula is C13H16N2O2S. The van der Waals surface area contributed by atoms with Crippen LogP contribution in [0.3, 0.4) is 0 Å². The predicted molar refractivity (Wildman–Crippen MR) is 69.9 cm³/mol. The number of hydrogen-bond acceptors (Lipinski definition) is 4. The molecule has 2 rings (SSSR count). The third-order valence-corrected chi connectivity index (χ3v) is 4.44. The Balaban J connectivity index is 2.10. The maximum Gasteiger partial charge on any atom is 0.175 e. The molecule has 5 heteroatoms. The van der Waals surface area contributed by atoms with Gasteiger partial charge in [0.05, 0.1) is 16.9 Å². The predicted octanol–water partition coefficient (Wildman–Crippen LogP) is 2.19. The van der Waals surface area contributed by atoms with Crippen LogP contribution in [-0.4, -0.2) is 20.7 Å². The molecule has 1 aliphatic rings. The summed E-state index contributed by atoms with van der Waals surface area (Å²) in [7, 11) is -3.14. The molecule has 0 heterocycles.